The molecular weight excluding hydrogens is 555 g/mol. The zero-order chi connectivity index (χ0) is 29.9. The van der Waals surface area contributed by atoms with Gasteiger partial charge in [-0.05, 0) is 67.4 Å². The number of ether oxygens (including phenoxy) is 3. The van der Waals surface area contributed by atoms with E-state index in [4.69, 9.17) is 14.2 Å². The van der Waals surface area contributed by atoms with E-state index in [-0.39, 0.29) is 48.0 Å². The molecule has 0 aliphatic carbocycles. The number of likely N-dealkylation sites (N-methyl/N-ethyl adjacent to an activating group) is 1. The zero-order valence-corrected chi connectivity index (χ0v) is 22.5. The summed E-state index contributed by atoms with van der Waals surface area (Å²) in [7, 11) is 1.67. The van der Waals surface area contributed by atoms with Crippen molar-refractivity contribution in [3.63, 3.8) is 0 Å². The second-order valence-electron chi connectivity index (χ2n) is 9.99. The van der Waals surface area contributed by atoms with Gasteiger partial charge in [-0.15, -0.1) is 0 Å². The van der Waals surface area contributed by atoms with Gasteiger partial charge in [0.2, 0.25) is 0 Å². The maximum atomic E-state index is 13.5. The van der Waals surface area contributed by atoms with Crippen LogP contribution in [0.5, 0.6) is 11.5 Å². The Hall–Kier alpha value is -4.58. The summed E-state index contributed by atoms with van der Waals surface area (Å²) >= 11 is 0. The van der Waals surface area contributed by atoms with Gasteiger partial charge in [0.25, 0.3) is 11.8 Å². The van der Waals surface area contributed by atoms with Gasteiger partial charge < -0.3 is 29.7 Å². The van der Waals surface area contributed by atoms with Gasteiger partial charge >= 0.3 is 12.3 Å². The highest BCUT2D eigenvalue weighted by atomic mass is 19.4. The summed E-state index contributed by atoms with van der Waals surface area (Å²) in [6, 6.07) is 16.8. The summed E-state index contributed by atoms with van der Waals surface area (Å²) in [5, 5.41) is 5.33. The highest BCUT2D eigenvalue weighted by Crippen LogP contribution is 2.32. The van der Waals surface area contributed by atoms with Crippen molar-refractivity contribution in [2.75, 3.05) is 25.5 Å². The zero-order valence-electron chi connectivity index (χ0n) is 22.5. The standard InChI is InChI=1S/C30H28F3N3O6/c1-36-24-13-12-22(16-34-29(39)42-21-5-3-2-4-6-21)41-26(24)17-40-25-14-11-20(15-23(25)28(36)38)35-27(37)18-7-9-19(10-8-18)30(31,32)33/h2-11,14-15,22,24,26H,12-13,16-17H2,1H3,(H,34,39)(H,35,37)/t22-,24-,26-/m0/s1. The Morgan fingerprint density at radius 2 is 1.76 bits per heavy atom. The lowest BCUT2D eigenvalue weighted by Crippen LogP contribution is -2.55. The molecule has 0 saturated carbocycles. The average molecular weight is 584 g/mol. The summed E-state index contributed by atoms with van der Waals surface area (Å²) in [5.74, 6) is -0.233. The molecule has 0 unspecified atom stereocenters. The molecule has 12 heteroatoms. The molecule has 0 aromatic heterocycles. The van der Waals surface area contributed by atoms with Gasteiger partial charge in [-0.2, -0.15) is 13.2 Å². The average Bonchev–Trinajstić information content (AvgIpc) is 2.98. The van der Waals surface area contributed by atoms with Gasteiger partial charge in [-0.25, -0.2) is 4.79 Å². The second kappa shape index (κ2) is 12.1. The third-order valence-corrected chi connectivity index (χ3v) is 7.17. The number of fused-ring (bicyclic) bond motifs is 2. The minimum atomic E-state index is -4.51. The van der Waals surface area contributed by atoms with Crippen molar-refractivity contribution in [1.82, 2.24) is 10.2 Å². The molecule has 0 radical (unpaired) electrons. The number of nitrogens with zero attached hydrogens (tertiary/aromatic N) is 1. The predicted octanol–water partition coefficient (Wildman–Crippen LogP) is 5.13. The van der Waals surface area contributed by atoms with Gasteiger partial charge in [0.1, 0.15) is 24.2 Å². The number of alkyl halides is 3. The van der Waals surface area contributed by atoms with E-state index in [9.17, 15) is 27.6 Å². The molecule has 0 bridgehead atoms. The Balaban J connectivity index is 1.21. The lowest BCUT2D eigenvalue weighted by Gasteiger charge is -2.42. The van der Waals surface area contributed by atoms with Crippen LogP contribution in [0.3, 0.4) is 0 Å². The number of hydrogen-bond acceptors (Lipinski definition) is 6. The Morgan fingerprint density at radius 1 is 1.02 bits per heavy atom. The van der Waals surface area contributed by atoms with Crippen LogP contribution in [0.15, 0.2) is 72.8 Å². The summed E-state index contributed by atoms with van der Waals surface area (Å²) in [6.07, 6.45) is -4.66. The van der Waals surface area contributed by atoms with Crippen LogP contribution >= 0.6 is 0 Å². The van der Waals surface area contributed by atoms with Crippen molar-refractivity contribution < 1.29 is 41.8 Å². The maximum Gasteiger partial charge on any atom is 0.416 e. The Kier molecular flexibility index (Phi) is 8.34. The van der Waals surface area contributed by atoms with Crippen LogP contribution < -0.4 is 20.1 Å². The van der Waals surface area contributed by atoms with E-state index in [1.54, 1.807) is 48.3 Å². The number of amides is 3. The Bertz CT molecular complexity index is 1450. The SMILES string of the molecule is CN1C(=O)c2cc(NC(=O)c3ccc(C(F)(F)F)cc3)ccc2OC[C@@H]2O[C@H](CNC(=O)Oc3ccccc3)CC[C@@H]21. The highest BCUT2D eigenvalue weighted by Gasteiger charge is 2.39. The molecule has 3 aromatic rings. The number of carbonyl (C=O) groups excluding carboxylic acids is 3. The minimum Gasteiger partial charge on any atom is -0.490 e. The van der Waals surface area contributed by atoms with Crippen LogP contribution in [-0.4, -0.2) is 61.3 Å². The van der Waals surface area contributed by atoms with E-state index in [1.165, 1.54) is 6.07 Å². The minimum absolute atomic E-state index is 0.0361. The number of para-hydroxylation sites is 1. The van der Waals surface area contributed by atoms with Crippen LogP contribution in [0, 0.1) is 0 Å². The van der Waals surface area contributed by atoms with Gasteiger partial charge in [-0.3, -0.25) is 9.59 Å². The highest BCUT2D eigenvalue weighted by molar-refractivity contribution is 6.05. The number of halogens is 3. The molecule has 2 heterocycles. The van der Waals surface area contributed by atoms with Crippen molar-refractivity contribution >= 4 is 23.6 Å². The van der Waals surface area contributed by atoms with Crippen molar-refractivity contribution in [3.8, 4) is 11.5 Å². The summed E-state index contributed by atoms with van der Waals surface area (Å²) in [5.41, 5.74) is -0.304. The van der Waals surface area contributed by atoms with E-state index in [0.717, 1.165) is 24.3 Å². The molecule has 0 spiro atoms. The lowest BCUT2D eigenvalue weighted by molar-refractivity contribution is -0.137. The molecule has 5 rings (SSSR count). The normalized spacial score (nSPS) is 20.2. The Labute approximate surface area is 239 Å². The van der Waals surface area contributed by atoms with Gasteiger partial charge in [0, 0.05) is 24.8 Å². The van der Waals surface area contributed by atoms with Crippen LogP contribution in [0.25, 0.3) is 0 Å². The molecule has 2 aliphatic heterocycles. The first-order chi connectivity index (χ1) is 20.1. The summed E-state index contributed by atoms with van der Waals surface area (Å²) < 4.78 is 55.9. The number of benzene rings is 3. The topological polar surface area (TPSA) is 106 Å². The summed E-state index contributed by atoms with van der Waals surface area (Å²) in [4.78, 5) is 39.8. The van der Waals surface area contributed by atoms with Crippen molar-refractivity contribution in [1.29, 1.82) is 0 Å². The van der Waals surface area contributed by atoms with Gasteiger partial charge in [0.15, 0.2) is 0 Å². The first kappa shape index (κ1) is 28.9. The smallest absolute Gasteiger partial charge is 0.416 e. The molecule has 1 fully saturated rings. The quantitative estimate of drug-likeness (QED) is 0.432. The van der Waals surface area contributed by atoms with Gasteiger partial charge in [-0.1, -0.05) is 18.2 Å². The first-order valence-electron chi connectivity index (χ1n) is 13.3. The molecule has 220 valence electrons. The fourth-order valence-electron chi connectivity index (χ4n) is 4.95. The maximum absolute atomic E-state index is 13.5. The third kappa shape index (κ3) is 6.65. The molecule has 3 atom stereocenters. The monoisotopic (exact) mass is 583 g/mol. The van der Waals surface area contributed by atoms with E-state index in [2.05, 4.69) is 10.6 Å². The number of rotatable bonds is 5. The molecule has 1 saturated heterocycles. The number of nitrogens with one attached hydrogen (secondary N) is 2. The van der Waals surface area contributed by atoms with E-state index >= 15 is 0 Å². The number of carbonyl (C=O) groups is 3. The Morgan fingerprint density at radius 3 is 2.48 bits per heavy atom. The molecule has 9 nitrogen and oxygen atoms in total. The first-order valence-corrected chi connectivity index (χ1v) is 13.3. The van der Waals surface area contributed by atoms with Crippen molar-refractivity contribution in [3.05, 3.63) is 89.5 Å². The van der Waals surface area contributed by atoms with E-state index in [1.807, 2.05) is 6.07 Å². The predicted molar refractivity (Wildman–Crippen MR) is 146 cm³/mol. The van der Waals surface area contributed by atoms with E-state index in [0.29, 0.717) is 24.3 Å². The van der Waals surface area contributed by atoms with Gasteiger partial charge in [0.05, 0.1) is 23.3 Å². The van der Waals surface area contributed by atoms with Crippen LogP contribution in [0.4, 0.5) is 23.7 Å². The third-order valence-electron chi connectivity index (χ3n) is 7.17. The van der Waals surface area contributed by atoms with Crippen LogP contribution in [0.2, 0.25) is 0 Å². The van der Waals surface area contributed by atoms with Crippen molar-refractivity contribution in [2.24, 2.45) is 0 Å². The second-order valence-corrected chi connectivity index (χ2v) is 9.99. The lowest BCUT2D eigenvalue weighted by atomic mass is 9.95. The number of anilines is 1. The molecule has 2 aliphatic rings. The van der Waals surface area contributed by atoms with Crippen LogP contribution in [0.1, 0.15) is 39.1 Å². The molecular formula is C30H28F3N3O6. The summed E-state index contributed by atoms with van der Waals surface area (Å²) in [6.45, 7) is 0.378. The van der Waals surface area contributed by atoms with Crippen LogP contribution in [-0.2, 0) is 10.9 Å². The van der Waals surface area contributed by atoms with E-state index < -0.39 is 29.8 Å². The molecule has 42 heavy (non-hydrogen) atoms. The number of hydrogen-bond donors (Lipinski definition) is 2. The fraction of sp³-hybridized carbons (Fsp3) is 0.300. The fourth-order valence-corrected chi connectivity index (χ4v) is 4.95. The largest absolute Gasteiger partial charge is 0.490 e. The van der Waals surface area contributed by atoms with Crippen molar-refractivity contribution in [2.45, 2.75) is 37.3 Å². The molecule has 3 amide bonds. The molecule has 3 aromatic carbocycles. The molecule has 2 N–H and O–H groups in total.